The SMILES string of the molecule is Cc1ccc(-c2noc([C@H](Cc3ccccc3)NC(=O)OC(C)(C)C)n2)cc1. The van der Waals surface area contributed by atoms with Crippen molar-refractivity contribution in [1.82, 2.24) is 15.5 Å². The molecule has 1 amide bonds. The number of hydrogen-bond donors (Lipinski definition) is 1. The molecule has 0 aliphatic carbocycles. The second-order valence-electron chi connectivity index (χ2n) is 7.71. The van der Waals surface area contributed by atoms with E-state index in [0.717, 1.165) is 16.7 Å². The largest absolute Gasteiger partial charge is 0.444 e. The predicted molar refractivity (Wildman–Crippen MR) is 107 cm³/mol. The summed E-state index contributed by atoms with van der Waals surface area (Å²) in [7, 11) is 0. The van der Waals surface area contributed by atoms with Crippen LogP contribution < -0.4 is 5.32 Å². The van der Waals surface area contributed by atoms with Crippen molar-refractivity contribution in [2.24, 2.45) is 0 Å². The molecule has 1 heterocycles. The van der Waals surface area contributed by atoms with E-state index in [-0.39, 0.29) is 0 Å². The van der Waals surface area contributed by atoms with E-state index < -0.39 is 17.7 Å². The summed E-state index contributed by atoms with van der Waals surface area (Å²) in [6.45, 7) is 7.48. The van der Waals surface area contributed by atoms with Crippen molar-refractivity contribution in [3.8, 4) is 11.4 Å². The molecule has 28 heavy (non-hydrogen) atoms. The molecule has 0 fully saturated rings. The zero-order chi connectivity index (χ0) is 20.1. The summed E-state index contributed by atoms with van der Waals surface area (Å²) in [5.74, 6) is 0.823. The van der Waals surface area contributed by atoms with Crippen LogP contribution >= 0.6 is 0 Å². The third-order valence-corrected chi connectivity index (χ3v) is 4.02. The summed E-state index contributed by atoms with van der Waals surface area (Å²) in [6.07, 6.45) is -0.0150. The molecule has 6 nitrogen and oxygen atoms in total. The van der Waals surface area contributed by atoms with Gasteiger partial charge in [-0.2, -0.15) is 4.98 Å². The van der Waals surface area contributed by atoms with Gasteiger partial charge in [-0.1, -0.05) is 65.3 Å². The lowest BCUT2D eigenvalue weighted by Crippen LogP contribution is -2.36. The quantitative estimate of drug-likeness (QED) is 0.685. The van der Waals surface area contributed by atoms with Gasteiger partial charge in [0.2, 0.25) is 11.7 Å². The molecule has 0 spiro atoms. The number of nitrogens with zero attached hydrogens (tertiary/aromatic N) is 2. The van der Waals surface area contributed by atoms with Crippen LogP contribution in [0.25, 0.3) is 11.4 Å². The Kier molecular flexibility index (Phi) is 5.78. The zero-order valence-electron chi connectivity index (χ0n) is 16.6. The normalized spacial score (nSPS) is 12.4. The molecule has 2 aromatic carbocycles. The van der Waals surface area contributed by atoms with Crippen molar-refractivity contribution in [3.05, 3.63) is 71.6 Å². The Labute approximate surface area is 164 Å². The second-order valence-corrected chi connectivity index (χ2v) is 7.71. The van der Waals surface area contributed by atoms with E-state index in [1.807, 2.05) is 82.3 Å². The molecule has 0 aliphatic rings. The van der Waals surface area contributed by atoms with E-state index in [2.05, 4.69) is 15.5 Å². The van der Waals surface area contributed by atoms with Gasteiger partial charge in [0.15, 0.2) is 0 Å². The van der Waals surface area contributed by atoms with Gasteiger partial charge in [-0.3, -0.25) is 0 Å². The lowest BCUT2D eigenvalue weighted by molar-refractivity contribution is 0.0493. The van der Waals surface area contributed by atoms with Crippen LogP contribution in [-0.2, 0) is 11.2 Å². The number of alkyl carbamates (subject to hydrolysis) is 1. The average molecular weight is 379 g/mol. The second kappa shape index (κ2) is 8.25. The molecule has 0 radical (unpaired) electrons. The summed E-state index contributed by atoms with van der Waals surface area (Å²) >= 11 is 0. The fourth-order valence-electron chi connectivity index (χ4n) is 2.70. The van der Waals surface area contributed by atoms with Crippen molar-refractivity contribution < 1.29 is 14.1 Å². The van der Waals surface area contributed by atoms with Gasteiger partial charge in [0.05, 0.1) is 0 Å². The van der Waals surface area contributed by atoms with Crippen LogP contribution in [-0.4, -0.2) is 21.8 Å². The van der Waals surface area contributed by atoms with E-state index >= 15 is 0 Å². The Balaban J connectivity index is 1.83. The van der Waals surface area contributed by atoms with Gasteiger partial charge in [0.1, 0.15) is 11.6 Å². The van der Waals surface area contributed by atoms with E-state index in [0.29, 0.717) is 18.1 Å². The molecule has 3 rings (SSSR count). The lowest BCUT2D eigenvalue weighted by atomic mass is 10.1. The lowest BCUT2D eigenvalue weighted by Gasteiger charge is -2.22. The van der Waals surface area contributed by atoms with Crippen LogP contribution in [0, 0.1) is 6.92 Å². The van der Waals surface area contributed by atoms with Crippen LogP contribution in [0.15, 0.2) is 59.1 Å². The molecule has 0 saturated carbocycles. The topological polar surface area (TPSA) is 77.2 Å². The standard InChI is InChI=1S/C22H25N3O3/c1-15-10-12-17(13-11-15)19-24-20(28-25-19)18(14-16-8-6-5-7-9-16)23-21(26)27-22(2,3)4/h5-13,18H,14H2,1-4H3,(H,23,26)/t18-/m0/s1. The van der Waals surface area contributed by atoms with Crippen LogP contribution in [0.2, 0.25) is 0 Å². The van der Waals surface area contributed by atoms with Gasteiger partial charge in [0.25, 0.3) is 0 Å². The van der Waals surface area contributed by atoms with Gasteiger partial charge in [-0.15, -0.1) is 0 Å². The fourth-order valence-corrected chi connectivity index (χ4v) is 2.70. The summed E-state index contributed by atoms with van der Waals surface area (Å²) in [5.41, 5.74) is 2.46. The number of amides is 1. The van der Waals surface area contributed by atoms with Crippen molar-refractivity contribution >= 4 is 6.09 Å². The Morgan fingerprint density at radius 2 is 1.79 bits per heavy atom. The molecule has 0 bridgehead atoms. The number of rotatable bonds is 5. The highest BCUT2D eigenvalue weighted by Crippen LogP contribution is 2.22. The predicted octanol–water partition coefficient (Wildman–Crippen LogP) is 4.85. The number of carbonyl (C=O) groups excluding carboxylic acids is 1. The van der Waals surface area contributed by atoms with Gasteiger partial charge in [-0.25, -0.2) is 4.79 Å². The van der Waals surface area contributed by atoms with Crippen molar-refractivity contribution in [1.29, 1.82) is 0 Å². The van der Waals surface area contributed by atoms with Gasteiger partial charge in [-0.05, 0) is 33.3 Å². The molecule has 146 valence electrons. The zero-order valence-corrected chi connectivity index (χ0v) is 16.6. The third-order valence-electron chi connectivity index (χ3n) is 4.02. The van der Waals surface area contributed by atoms with E-state index in [4.69, 9.17) is 9.26 Å². The number of ether oxygens (including phenoxy) is 1. The number of benzene rings is 2. The van der Waals surface area contributed by atoms with Crippen LogP contribution in [0.3, 0.4) is 0 Å². The highest BCUT2D eigenvalue weighted by atomic mass is 16.6. The van der Waals surface area contributed by atoms with Crippen molar-refractivity contribution in [3.63, 3.8) is 0 Å². The van der Waals surface area contributed by atoms with Gasteiger partial charge in [0, 0.05) is 12.0 Å². The highest BCUT2D eigenvalue weighted by Gasteiger charge is 2.25. The Hall–Kier alpha value is -3.15. The smallest absolute Gasteiger partial charge is 0.408 e. The molecule has 3 aromatic rings. The van der Waals surface area contributed by atoms with Crippen LogP contribution in [0.5, 0.6) is 0 Å². The van der Waals surface area contributed by atoms with Crippen LogP contribution in [0.1, 0.15) is 43.8 Å². The first-order chi connectivity index (χ1) is 13.3. The molecule has 0 aliphatic heterocycles. The molecule has 1 aromatic heterocycles. The van der Waals surface area contributed by atoms with Crippen LogP contribution in [0.4, 0.5) is 4.79 Å². The maximum absolute atomic E-state index is 12.3. The first kappa shape index (κ1) is 19.6. The van der Waals surface area contributed by atoms with Gasteiger partial charge >= 0.3 is 6.09 Å². The summed E-state index contributed by atoms with van der Waals surface area (Å²) in [6, 6.07) is 17.2. The molecule has 6 heteroatoms. The molecule has 0 saturated heterocycles. The third kappa shape index (κ3) is 5.42. The minimum absolute atomic E-state index is 0.338. The Morgan fingerprint density at radius 1 is 1.11 bits per heavy atom. The maximum atomic E-state index is 12.3. The number of hydrogen-bond acceptors (Lipinski definition) is 5. The number of aromatic nitrogens is 2. The Bertz CT molecular complexity index is 912. The molecule has 0 unspecified atom stereocenters. The highest BCUT2D eigenvalue weighted by molar-refractivity contribution is 5.68. The minimum atomic E-state index is -0.594. The minimum Gasteiger partial charge on any atom is -0.444 e. The maximum Gasteiger partial charge on any atom is 0.408 e. The summed E-state index contributed by atoms with van der Waals surface area (Å²) in [4.78, 5) is 16.8. The van der Waals surface area contributed by atoms with Crippen molar-refractivity contribution in [2.75, 3.05) is 0 Å². The number of aryl methyl sites for hydroxylation is 1. The number of carbonyl (C=O) groups is 1. The van der Waals surface area contributed by atoms with Gasteiger partial charge < -0.3 is 14.6 Å². The fraction of sp³-hybridized carbons (Fsp3) is 0.318. The summed E-state index contributed by atoms with van der Waals surface area (Å²) < 4.78 is 10.9. The molecule has 1 atom stereocenters. The van der Waals surface area contributed by atoms with E-state index in [1.165, 1.54) is 0 Å². The average Bonchev–Trinajstić information content (AvgIpc) is 3.11. The Morgan fingerprint density at radius 3 is 2.43 bits per heavy atom. The molecular weight excluding hydrogens is 354 g/mol. The summed E-state index contributed by atoms with van der Waals surface area (Å²) in [5, 5.41) is 6.94. The molecule has 1 N–H and O–H groups in total. The van der Waals surface area contributed by atoms with E-state index in [9.17, 15) is 4.79 Å². The first-order valence-corrected chi connectivity index (χ1v) is 9.24. The number of nitrogens with one attached hydrogen (secondary N) is 1. The van der Waals surface area contributed by atoms with E-state index in [1.54, 1.807) is 0 Å². The monoisotopic (exact) mass is 379 g/mol. The molecular formula is C22H25N3O3. The first-order valence-electron chi connectivity index (χ1n) is 9.24. The van der Waals surface area contributed by atoms with Crippen molar-refractivity contribution in [2.45, 2.75) is 45.8 Å².